The summed E-state index contributed by atoms with van der Waals surface area (Å²) in [5.41, 5.74) is 0.525. The van der Waals surface area contributed by atoms with Gasteiger partial charge in [0.15, 0.2) is 0 Å². The molecule has 1 rings (SSSR count). The summed E-state index contributed by atoms with van der Waals surface area (Å²) in [5, 5.41) is 8.90. The predicted molar refractivity (Wildman–Crippen MR) is 58.2 cm³/mol. The standard InChI is InChI=1S/C11H16N2O3/c1-3-4-8(2)16-6-10-9(11(14)15)5-12-7-13-10/h5,7-8H,3-4,6H2,1-2H3,(H,14,15). The fourth-order valence-electron chi connectivity index (χ4n) is 1.36. The third-order valence-electron chi connectivity index (χ3n) is 2.22. The molecule has 1 atom stereocenters. The summed E-state index contributed by atoms with van der Waals surface area (Å²) in [7, 11) is 0. The van der Waals surface area contributed by atoms with Gasteiger partial charge in [-0.05, 0) is 13.3 Å². The highest BCUT2D eigenvalue weighted by atomic mass is 16.5. The molecule has 0 aliphatic rings. The van der Waals surface area contributed by atoms with Crippen LogP contribution in [0.2, 0.25) is 0 Å². The number of carbonyl (C=O) groups is 1. The molecule has 0 bridgehead atoms. The highest BCUT2D eigenvalue weighted by Gasteiger charge is 2.12. The fraction of sp³-hybridized carbons (Fsp3) is 0.545. The van der Waals surface area contributed by atoms with E-state index in [0.29, 0.717) is 5.69 Å². The van der Waals surface area contributed by atoms with Gasteiger partial charge >= 0.3 is 5.97 Å². The van der Waals surface area contributed by atoms with Crippen molar-refractivity contribution in [2.24, 2.45) is 0 Å². The van der Waals surface area contributed by atoms with E-state index in [9.17, 15) is 4.79 Å². The van der Waals surface area contributed by atoms with Gasteiger partial charge in [-0.25, -0.2) is 14.8 Å². The topological polar surface area (TPSA) is 72.3 Å². The zero-order valence-electron chi connectivity index (χ0n) is 9.51. The van der Waals surface area contributed by atoms with Crippen molar-refractivity contribution in [1.82, 2.24) is 9.97 Å². The number of carboxylic acids is 1. The molecule has 5 nitrogen and oxygen atoms in total. The second-order valence-electron chi connectivity index (χ2n) is 3.60. The first-order chi connectivity index (χ1) is 7.65. The highest BCUT2D eigenvalue weighted by Crippen LogP contribution is 2.09. The van der Waals surface area contributed by atoms with Gasteiger partial charge in [0, 0.05) is 6.20 Å². The summed E-state index contributed by atoms with van der Waals surface area (Å²) in [4.78, 5) is 18.5. The van der Waals surface area contributed by atoms with Crippen LogP contribution in [-0.4, -0.2) is 27.1 Å². The van der Waals surface area contributed by atoms with Gasteiger partial charge in [0.2, 0.25) is 0 Å². The Morgan fingerprint density at radius 2 is 2.38 bits per heavy atom. The molecule has 0 saturated carbocycles. The molecule has 1 aromatic rings. The molecule has 0 fully saturated rings. The fourth-order valence-corrected chi connectivity index (χ4v) is 1.36. The van der Waals surface area contributed by atoms with Crippen molar-refractivity contribution in [3.8, 4) is 0 Å². The maximum atomic E-state index is 10.9. The Bertz CT molecular complexity index is 355. The first-order valence-corrected chi connectivity index (χ1v) is 5.29. The minimum Gasteiger partial charge on any atom is -0.478 e. The number of rotatable bonds is 6. The normalized spacial score (nSPS) is 12.4. The van der Waals surface area contributed by atoms with E-state index in [1.54, 1.807) is 0 Å². The second-order valence-corrected chi connectivity index (χ2v) is 3.60. The zero-order valence-corrected chi connectivity index (χ0v) is 9.51. The molecule has 0 radical (unpaired) electrons. The number of aromatic carboxylic acids is 1. The Morgan fingerprint density at radius 3 is 3.00 bits per heavy atom. The van der Waals surface area contributed by atoms with E-state index in [1.807, 2.05) is 6.92 Å². The number of hydrogen-bond donors (Lipinski definition) is 1. The lowest BCUT2D eigenvalue weighted by Gasteiger charge is -2.12. The van der Waals surface area contributed by atoms with Crippen molar-refractivity contribution in [3.05, 3.63) is 23.8 Å². The SMILES string of the molecule is CCCC(C)OCc1ncncc1C(=O)O. The van der Waals surface area contributed by atoms with Crippen LogP contribution < -0.4 is 0 Å². The molecule has 1 N–H and O–H groups in total. The Balaban J connectivity index is 2.63. The van der Waals surface area contributed by atoms with E-state index >= 15 is 0 Å². The van der Waals surface area contributed by atoms with E-state index in [4.69, 9.17) is 9.84 Å². The molecule has 0 saturated heterocycles. The smallest absolute Gasteiger partial charge is 0.339 e. The van der Waals surface area contributed by atoms with Crippen LogP contribution in [0.4, 0.5) is 0 Å². The molecule has 1 aromatic heterocycles. The number of ether oxygens (including phenoxy) is 1. The summed E-state index contributed by atoms with van der Waals surface area (Å²) in [6.07, 6.45) is 4.72. The van der Waals surface area contributed by atoms with Gasteiger partial charge in [-0.15, -0.1) is 0 Å². The van der Waals surface area contributed by atoms with Crippen LogP contribution in [0.5, 0.6) is 0 Å². The van der Waals surface area contributed by atoms with Gasteiger partial charge in [0.1, 0.15) is 11.9 Å². The van der Waals surface area contributed by atoms with Crippen molar-refractivity contribution >= 4 is 5.97 Å². The molecule has 16 heavy (non-hydrogen) atoms. The van der Waals surface area contributed by atoms with Crippen molar-refractivity contribution in [3.63, 3.8) is 0 Å². The summed E-state index contributed by atoms with van der Waals surface area (Å²) < 4.78 is 5.51. The molecular formula is C11H16N2O3. The van der Waals surface area contributed by atoms with Gasteiger partial charge in [-0.2, -0.15) is 0 Å². The van der Waals surface area contributed by atoms with Gasteiger partial charge in [-0.3, -0.25) is 0 Å². The van der Waals surface area contributed by atoms with Crippen LogP contribution in [0.25, 0.3) is 0 Å². The Hall–Kier alpha value is -1.49. The second kappa shape index (κ2) is 6.17. The van der Waals surface area contributed by atoms with Crippen LogP contribution in [0, 0.1) is 0 Å². The average Bonchev–Trinajstić information content (AvgIpc) is 2.27. The van der Waals surface area contributed by atoms with Crippen LogP contribution in [-0.2, 0) is 11.3 Å². The van der Waals surface area contributed by atoms with Crippen molar-refractivity contribution in [2.45, 2.75) is 39.4 Å². The number of carboxylic acid groups (broad SMARTS) is 1. The van der Waals surface area contributed by atoms with Crippen molar-refractivity contribution in [1.29, 1.82) is 0 Å². The molecule has 5 heteroatoms. The molecule has 0 spiro atoms. The van der Waals surface area contributed by atoms with Crippen molar-refractivity contribution < 1.29 is 14.6 Å². The lowest BCUT2D eigenvalue weighted by atomic mass is 10.2. The minimum absolute atomic E-state index is 0.103. The van der Waals surface area contributed by atoms with Crippen LogP contribution in [0.15, 0.2) is 12.5 Å². The van der Waals surface area contributed by atoms with E-state index in [0.717, 1.165) is 12.8 Å². The van der Waals surface area contributed by atoms with E-state index in [1.165, 1.54) is 12.5 Å². The zero-order chi connectivity index (χ0) is 12.0. The Labute approximate surface area is 94.5 Å². The van der Waals surface area contributed by atoms with Crippen molar-refractivity contribution in [2.75, 3.05) is 0 Å². The molecule has 0 aromatic carbocycles. The van der Waals surface area contributed by atoms with Crippen LogP contribution in [0.1, 0.15) is 42.7 Å². The summed E-state index contributed by atoms with van der Waals surface area (Å²) in [5.74, 6) is -1.03. The third kappa shape index (κ3) is 3.58. The van der Waals surface area contributed by atoms with Gasteiger partial charge in [0.25, 0.3) is 0 Å². The monoisotopic (exact) mass is 224 g/mol. The summed E-state index contributed by atoms with van der Waals surface area (Å²) in [6.45, 7) is 4.25. The van der Waals surface area contributed by atoms with Crippen LogP contribution >= 0.6 is 0 Å². The first-order valence-electron chi connectivity index (χ1n) is 5.29. The molecule has 1 heterocycles. The summed E-state index contributed by atoms with van der Waals surface area (Å²) >= 11 is 0. The molecule has 0 amide bonds. The van der Waals surface area contributed by atoms with E-state index < -0.39 is 5.97 Å². The van der Waals surface area contributed by atoms with Gasteiger partial charge in [-0.1, -0.05) is 13.3 Å². The first kappa shape index (κ1) is 12.6. The molecular weight excluding hydrogens is 208 g/mol. The quantitative estimate of drug-likeness (QED) is 0.798. The maximum Gasteiger partial charge on any atom is 0.339 e. The largest absolute Gasteiger partial charge is 0.478 e. The average molecular weight is 224 g/mol. The third-order valence-corrected chi connectivity index (χ3v) is 2.22. The molecule has 1 unspecified atom stereocenters. The lowest BCUT2D eigenvalue weighted by Crippen LogP contribution is -2.12. The van der Waals surface area contributed by atoms with Crippen LogP contribution in [0.3, 0.4) is 0 Å². The number of nitrogens with zero attached hydrogens (tertiary/aromatic N) is 2. The highest BCUT2D eigenvalue weighted by molar-refractivity contribution is 5.88. The Morgan fingerprint density at radius 1 is 1.62 bits per heavy atom. The van der Waals surface area contributed by atoms with Gasteiger partial charge < -0.3 is 9.84 Å². The van der Waals surface area contributed by atoms with Gasteiger partial charge in [0.05, 0.1) is 18.4 Å². The van der Waals surface area contributed by atoms with E-state index in [-0.39, 0.29) is 18.3 Å². The van der Waals surface area contributed by atoms with E-state index in [2.05, 4.69) is 16.9 Å². The predicted octanol–water partition coefficient (Wildman–Crippen LogP) is 1.88. The molecule has 88 valence electrons. The molecule has 0 aliphatic heterocycles. The summed E-state index contributed by atoms with van der Waals surface area (Å²) in [6, 6.07) is 0. The maximum absolute atomic E-state index is 10.9. The number of aromatic nitrogens is 2. The lowest BCUT2D eigenvalue weighted by molar-refractivity contribution is 0.0434. The molecule has 0 aliphatic carbocycles. The Kier molecular flexibility index (Phi) is 4.85. The number of hydrogen-bond acceptors (Lipinski definition) is 4. The minimum atomic E-state index is -1.03.